The number of aliphatic hydroxyl groups excluding tert-OH is 2. The van der Waals surface area contributed by atoms with Crippen molar-refractivity contribution < 1.29 is 39.2 Å². The molecule has 12 heteroatoms. The van der Waals surface area contributed by atoms with Gasteiger partial charge in [0.05, 0.1) is 29.4 Å². The molecule has 0 spiro atoms. The molecule has 0 radical (unpaired) electrons. The van der Waals surface area contributed by atoms with Gasteiger partial charge in [-0.15, -0.1) is 0 Å². The first-order valence-corrected chi connectivity index (χ1v) is 12.8. The Morgan fingerprint density at radius 3 is 2.54 bits per heavy atom. The van der Waals surface area contributed by atoms with E-state index in [9.17, 15) is 34.8 Å². The van der Waals surface area contributed by atoms with Crippen molar-refractivity contribution in [1.29, 1.82) is 5.41 Å². The third-order valence-corrected chi connectivity index (χ3v) is 8.44. The minimum atomic E-state index is -2.62. The van der Waals surface area contributed by atoms with E-state index in [1.807, 2.05) is 4.90 Å². The second-order valence-electron chi connectivity index (χ2n) is 10.9. The number of phenols is 1. The molecule has 4 aliphatic rings. The summed E-state index contributed by atoms with van der Waals surface area (Å²) in [7, 11) is 3.13. The van der Waals surface area contributed by atoms with Crippen LogP contribution >= 0.6 is 0 Å². The van der Waals surface area contributed by atoms with Crippen molar-refractivity contribution in [2.45, 2.75) is 37.3 Å². The van der Waals surface area contributed by atoms with Crippen LogP contribution in [0.15, 0.2) is 23.0 Å². The zero-order chi connectivity index (χ0) is 28.4. The number of amides is 1. The molecule has 1 amide bonds. The van der Waals surface area contributed by atoms with Crippen molar-refractivity contribution >= 4 is 35.1 Å². The summed E-state index contributed by atoms with van der Waals surface area (Å²) in [4.78, 5) is 42.8. The highest BCUT2D eigenvalue weighted by Gasteiger charge is 2.63. The first-order valence-electron chi connectivity index (χ1n) is 12.8. The molecular weight excluding hydrogens is 511 g/mol. The summed E-state index contributed by atoms with van der Waals surface area (Å²) in [6.45, 7) is 1.55. The average Bonchev–Trinajstić information content (AvgIpc) is 3.37. The number of rotatable bonds is 5. The maximum atomic E-state index is 15.4. The van der Waals surface area contributed by atoms with E-state index in [0.717, 1.165) is 32.0 Å². The van der Waals surface area contributed by atoms with Gasteiger partial charge in [0.2, 0.25) is 11.7 Å². The fourth-order valence-corrected chi connectivity index (χ4v) is 6.62. The maximum absolute atomic E-state index is 15.4. The number of likely N-dealkylation sites (tertiary alicyclic amines) is 1. The lowest BCUT2D eigenvalue weighted by atomic mass is 9.57. The predicted octanol–water partition coefficient (Wildman–Crippen LogP) is 1.30. The van der Waals surface area contributed by atoms with E-state index >= 15 is 4.39 Å². The molecule has 2 fully saturated rings. The smallest absolute Gasteiger partial charge is 0.238 e. The number of hydrogen-bond acceptors (Lipinski definition) is 10. The van der Waals surface area contributed by atoms with Crippen molar-refractivity contribution in [3.63, 3.8) is 0 Å². The Kier molecular flexibility index (Phi) is 6.60. The van der Waals surface area contributed by atoms with Gasteiger partial charge >= 0.3 is 0 Å². The molecule has 0 bridgehead atoms. The number of aromatic hydroxyl groups is 1. The van der Waals surface area contributed by atoms with Crippen LogP contribution in [-0.4, -0.2) is 99.3 Å². The number of halogens is 1. The highest BCUT2D eigenvalue weighted by molar-refractivity contribution is 6.20. The Labute approximate surface area is 223 Å². The molecule has 1 saturated heterocycles. The van der Waals surface area contributed by atoms with Gasteiger partial charge in [-0.1, -0.05) is 0 Å². The Hall–Kier alpha value is -3.61. The largest absolute Gasteiger partial charge is 0.508 e. The highest BCUT2D eigenvalue weighted by Crippen LogP contribution is 2.53. The Morgan fingerprint density at radius 2 is 1.92 bits per heavy atom. The number of aliphatic hydroxyl groups is 3. The Morgan fingerprint density at radius 1 is 1.26 bits per heavy atom. The van der Waals surface area contributed by atoms with Crippen LogP contribution in [0.5, 0.6) is 5.75 Å². The third kappa shape index (κ3) is 3.97. The van der Waals surface area contributed by atoms with E-state index in [4.69, 9.17) is 5.41 Å². The quantitative estimate of drug-likeness (QED) is 0.237. The highest BCUT2D eigenvalue weighted by atomic mass is 19.1. The monoisotopic (exact) mass is 542 g/mol. The summed E-state index contributed by atoms with van der Waals surface area (Å²) < 4.78 is 15.4. The van der Waals surface area contributed by atoms with Crippen molar-refractivity contribution in [3.05, 3.63) is 39.9 Å². The van der Waals surface area contributed by atoms with Gasteiger partial charge in [0.15, 0.2) is 17.1 Å². The number of benzene rings is 1. The molecule has 39 heavy (non-hydrogen) atoms. The van der Waals surface area contributed by atoms with E-state index in [2.05, 4.69) is 5.32 Å². The Balaban J connectivity index is 1.58. The van der Waals surface area contributed by atoms with Crippen molar-refractivity contribution in [2.24, 2.45) is 11.8 Å². The number of likely N-dealkylation sites (N-methyl/N-ethyl adjacent to an activating group) is 1. The zero-order valence-corrected chi connectivity index (χ0v) is 21.6. The van der Waals surface area contributed by atoms with Crippen LogP contribution in [0.3, 0.4) is 0 Å². The number of nitrogens with zero attached hydrogens (tertiary/aromatic N) is 2. The molecular formula is C27H31FN4O7. The molecule has 4 atom stereocenters. The van der Waals surface area contributed by atoms with E-state index in [0.29, 0.717) is 6.21 Å². The maximum Gasteiger partial charge on any atom is 0.238 e. The van der Waals surface area contributed by atoms with Gasteiger partial charge < -0.3 is 31.2 Å². The first kappa shape index (κ1) is 27.0. The Bertz CT molecular complexity index is 1360. The molecule has 1 aromatic carbocycles. The number of anilines is 1. The number of fused-ring (bicyclic) bond motifs is 3. The van der Waals surface area contributed by atoms with Crippen LogP contribution in [0.2, 0.25) is 0 Å². The van der Waals surface area contributed by atoms with Gasteiger partial charge in [-0.3, -0.25) is 24.2 Å². The van der Waals surface area contributed by atoms with Crippen LogP contribution in [0.1, 0.15) is 30.4 Å². The van der Waals surface area contributed by atoms with E-state index in [-0.39, 0.29) is 41.8 Å². The van der Waals surface area contributed by atoms with Gasteiger partial charge in [-0.05, 0) is 58.8 Å². The summed E-state index contributed by atoms with van der Waals surface area (Å²) in [5.74, 6) is -7.36. The first-order chi connectivity index (χ1) is 18.4. The molecule has 208 valence electrons. The second-order valence-corrected chi connectivity index (χ2v) is 10.9. The lowest BCUT2D eigenvalue weighted by molar-refractivity contribution is -0.152. The van der Waals surface area contributed by atoms with Gasteiger partial charge in [-0.2, -0.15) is 0 Å². The molecule has 6 N–H and O–H groups in total. The van der Waals surface area contributed by atoms with Crippen molar-refractivity contribution in [1.82, 2.24) is 9.80 Å². The van der Waals surface area contributed by atoms with E-state index in [1.165, 1.54) is 4.90 Å². The average molecular weight is 543 g/mol. The number of phenolic OH excluding ortho intramolecular Hbond substituents is 1. The molecule has 0 unspecified atom stereocenters. The number of hydrogen-bond donors (Lipinski definition) is 6. The molecule has 11 nitrogen and oxygen atoms in total. The van der Waals surface area contributed by atoms with Gasteiger partial charge in [0, 0.05) is 29.3 Å². The standard InChI is InChI=1S/C27H31FN4O7/c1-31(2)21-15-8-12-7-13-16(28)9-17(30-18(33)11-32-5-3-4-6-32)23(35)20(13)24(36)19(12)26(38)27(15,39)25(37)14(10-29)22(21)34/h9-10,12,15,21,29,35-37,39H,3-8,11H2,1-2H3,(H,30,33)/t12-,15-,21-,27+/m0/s1. The van der Waals surface area contributed by atoms with Gasteiger partial charge in [0.1, 0.15) is 17.3 Å². The van der Waals surface area contributed by atoms with Gasteiger partial charge in [-0.25, -0.2) is 4.39 Å². The van der Waals surface area contributed by atoms with Gasteiger partial charge in [0.25, 0.3) is 0 Å². The number of carbonyl (C=O) groups is 3. The molecule has 1 aromatic rings. The summed E-state index contributed by atoms with van der Waals surface area (Å²) in [5, 5.41) is 54.8. The van der Waals surface area contributed by atoms with Crippen molar-refractivity contribution in [2.75, 3.05) is 39.0 Å². The molecule has 1 heterocycles. The molecule has 5 rings (SSSR count). The number of Topliss-reactive ketones (excluding diaryl/α,β-unsaturated/α-hetero) is 2. The second kappa shape index (κ2) is 9.54. The molecule has 1 aliphatic heterocycles. The zero-order valence-electron chi connectivity index (χ0n) is 21.6. The molecule has 3 aliphatic carbocycles. The number of carbonyl (C=O) groups excluding carboxylic acids is 3. The van der Waals surface area contributed by atoms with Crippen LogP contribution in [0.4, 0.5) is 10.1 Å². The lowest BCUT2D eigenvalue weighted by Gasteiger charge is -2.50. The predicted molar refractivity (Wildman–Crippen MR) is 138 cm³/mol. The fourth-order valence-electron chi connectivity index (χ4n) is 6.62. The minimum Gasteiger partial charge on any atom is -0.508 e. The van der Waals surface area contributed by atoms with Crippen molar-refractivity contribution in [3.8, 4) is 5.75 Å². The summed E-state index contributed by atoms with van der Waals surface area (Å²) in [5.41, 5.74) is -4.18. The topological polar surface area (TPSA) is 174 Å². The molecule has 0 aromatic heterocycles. The van der Waals surface area contributed by atoms with Crippen LogP contribution in [0.25, 0.3) is 5.76 Å². The van der Waals surface area contributed by atoms with Crippen LogP contribution in [-0.2, 0) is 20.8 Å². The number of nitrogens with one attached hydrogen (secondary N) is 2. The lowest BCUT2D eigenvalue weighted by Crippen LogP contribution is -2.65. The van der Waals surface area contributed by atoms with Crippen LogP contribution in [0, 0.1) is 23.1 Å². The number of ketones is 2. The summed E-state index contributed by atoms with van der Waals surface area (Å²) in [6, 6.07) is -0.101. The summed E-state index contributed by atoms with van der Waals surface area (Å²) >= 11 is 0. The summed E-state index contributed by atoms with van der Waals surface area (Å²) in [6.07, 6.45) is 2.30. The SMILES string of the molecule is CN(C)[C@@H]1C(=O)C(C=N)=C(O)[C@@]2(O)C(=O)C3=C(O)c4c(O)c(NC(=O)CN5CCCC5)cc(F)c4C[C@H]3C[C@@H]12. The molecule has 1 saturated carbocycles. The van der Waals surface area contributed by atoms with Crippen LogP contribution < -0.4 is 5.32 Å². The minimum absolute atomic E-state index is 0.0485. The van der Waals surface area contributed by atoms with E-state index in [1.54, 1.807) is 14.1 Å². The third-order valence-electron chi connectivity index (χ3n) is 8.44. The van der Waals surface area contributed by atoms with E-state index < -0.39 is 69.6 Å². The normalized spacial score (nSPS) is 28.9. The fraction of sp³-hybridized carbons (Fsp3) is 0.481.